The van der Waals surface area contributed by atoms with Crippen molar-refractivity contribution in [2.24, 2.45) is 0 Å². The van der Waals surface area contributed by atoms with Gasteiger partial charge in [0.15, 0.2) is 0 Å². The molecule has 0 saturated carbocycles. The van der Waals surface area contributed by atoms with Crippen molar-refractivity contribution in [1.82, 2.24) is 0 Å². The highest BCUT2D eigenvalue weighted by Crippen LogP contribution is 2.20. The monoisotopic (exact) mass is 400 g/mol. The first-order chi connectivity index (χ1) is 11.4. The second kappa shape index (κ2) is 6.88. The van der Waals surface area contributed by atoms with E-state index in [4.69, 9.17) is 0 Å². The molecule has 0 aliphatic heterocycles. The van der Waals surface area contributed by atoms with E-state index in [0.29, 0.717) is 36.4 Å². The predicted octanol–water partition coefficient (Wildman–Crippen LogP) is 2.32. The molecular formula is C13H8F4O6S2. The SMILES string of the molecule is O=S(=O)(CS(=O)(=O)Oc1cc(F)cc(F)c1)Oc1cc(F)cc(F)c1. The Morgan fingerprint density at radius 2 is 0.880 bits per heavy atom. The Morgan fingerprint density at radius 3 is 1.16 bits per heavy atom. The van der Waals surface area contributed by atoms with Gasteiger partial charge in [-0.1, -0.05) is 0 Å². The Balaban J connectivity index is 2.17. The Morgan fingerprint density at radius 1 is 0.600 bits per heavy atom. The van der Waals surface area contributed by atoms with Crippen LogP contribution in [0.2, 0.25) is 0 Å². The van der Waals surface area contributed by atoms with Gasteiger partial charge in [0.25, 0.3) is 0 Å². The van der Waals surface area contributed by atoms with Gasteiger partial charge in [-0.3, -0.25) is 0 Å². The van der Waals surface area contributed by atoms with Crippen molar-refractivity contribution in [2.45, 2.75) is 0 Å². The van der Waals surface area contributed by atoms with Gasteiger partial charge < -0.3 is 8.37 Å². The second-order valence-electron chi connectivity index (χ2n) is 4.61. The minimum absolute atomic E-state index is 0.442. The fourth-order valence-electron chi connectivity index (χ4n) is 1.67. The molecule has 12 heteroatoms. The van der Waals surface area contributed by atoms with Crippen LogP contribution in [-0.4, -0.2) is 21.9 Å². The minimum atomic E-state index is -4.90. The summed E-state index contributed by atoms with van der Waals surface area (Å²) >= 11 is 0. The number of halogens is 4. The van der Waals surface area contributed by atoms with Crippen LogP contribution in [0.5, 0.6) is 11.5 Å². The van der Waals surface area contributed by atoms with Gasteiger partial charge in [0.05, 0.1) is 0 Å². The highest BCUT2D eigenvalue weighted by molar-refractivity contribution is 8.04. The van der Waals surface area contributed by atoms with Gasteiger partial charge in [-0.05, 0) is 0 Å². The van der Waals surface area contributed by atoms with Gasteiger partial charge in [0.1, 0.15) is 34.8 Å². The molecular weight excluding hydrogens is 392 g/mol. The molecule has 0 aromatic heterocycles. The summed E-state index contributed by atoms with van der Waals surface area (Å²) in [7, 11) is -9.80. The normalized spacial score (nSPS) is 12.0. The van der Waals surface area contributed by atoms with Crippen LogP contribution in [0.25, 0.3) is 0 Å². The molecule has 25 heavy (non-hydrogen) atoms. The molecule has 0 radical (unpaired) electrons. The second-order valence-corrected chi connectivity index (χ2v) is 8.12. The lowest BCUT2D eigenvalue weighted by atomic mass is 10.3. The number of hydrogen-bond acceptors (Lipinski definition) is 6. The van der Waals surface area contributed by atoms with Crippen LogP contribution in [0, 0.1) is 23.3 Å². The van der Waals surface area contributed by atoms with Gasteiger partial charge in [-0.2, -0.15) is 16.8 Å². The summed E-state index contributed by atoms with van der Waals surface area (Å²) in [5.74, 6) is -6.22. The van der Waals surface area contributed by atoms with E-state index >= 15 is 0 Å². The first-order valence-electron chi connectivity index (χ1n) is 6.21. The maximum Gasteiger partial charge on any atom is 0.327 e. The molecule has 0 spiro atoms. The van der Waals surface area contributed by atoms with E-state index in [-0.39, 0.29) is 0 Å². The molecule has 0 saturated heterocycles. The van der Waals surface area contributed by atoms with Gasteiger partial charge in [0.2, 0.25) is 5.08 Å². The smallest absolute Gasteiger partial charge is 0.327 e. The molecule has 0 atom stereocenters. The molecule has 0 unspecified atom stereocenters. The van der Waals surface area contributed by atoms with Crippen LogP contribution >= 0.6 is 0 Å². The van der Waals surface area contributed by atoms with Crippen LogP contribution in [0.3, 0.4) is 0 Å². The summed E-state index contributed by atoms with van der Waals surface area (Å²) < 4.78 is 107. The van der Waals surface area contributed by atoms with Gasteiger partial charge in [-0.15, -0.1) is 0 Å². The summed E-state index contributed by atoms with van der Waals surface area (Å²) in [6.45, 7) is 0. The van der Waals surface area contributed by atoms with Crippen molar-refractivity contribution < 1.29 is 42.8 Å². The molecule has 2 rings (SSSR count). The minimum Gasteiger partial charge on any atom is -0.381 e. The maximum absolute atomic E-state index is 13.0. The Kier molecular flexibility index (Phi) is 5.23. The Hall–Kier alpha value is -2.34. The summed E-state index contributed by atoms with van der Waals surface area (Å²) in [6.07, 6.45) is 0. The zero-order chi connectivity index (χ0) is 18.8. The van der Waals surface area contributed by atoms with Crippen LogP contribution < -0.4 is 8.37 Å². The number of hydrogen-bond donors (Lipinski definition) is 0. The van der Waals surface area contributed by atoms with Crippen molar-refractivity contribution in [2.75, 3.05) is 5.08 Å². The molecule has 0 N–H and O–H groups in total. The third-order valence-electron chi connectivity index (χ3n) is 2.41. The lowest BCUT2D eigenvalue weighted by Gasteiger charge is -2.09. The topological polar surface area (TPSA) is 86.7 Å². The summed E-state index contributed by atoms with van der Waals surface area (Å²) in [5, 5.41) is -1.77. The molecule has 136 valence electrons. The van der Waals surface area contributed by atoms with Crippen LogP contribution in [0.4, 0.5) is 17.6 Å². The molecule has 2 aromatic rings. The quantitative estimate of drug-likeness (QED) is 0.546. The zero-order valence-corrected chi connectivity index (χ0v) is 13.6. The summed E-state index contributed by atoms with van der Waals surface area (Å²) in [5.41, 5.74) is 0. The van der Waals surface area contributed by atoms with E-state index in [1.54, 1.807) is 0 Å². The predicted molar refractivity (Wildman–Crippen MR) is 76.7 cm³/mol. The molecule has 2 aromatic carbocycles. The lowest BCUT2D eigenvalue weighted by Crippen LogP contribution is -2.24. The molecule has 0 fully saturated rings. The van der Waals surface area contributed by atoms with Crippen LogP contribution in [0.15, 0.2) is 36.4 Å². The standard InChI is InChI=1S/C13H8F4O6S2/c14-8-1-9(15)4-12(3-8)22-24(18,19)7-25(20,21)23-13-5-10(16)2-11(17)6-13/h1-6H,7H2. The molecule has 0 amide bonds. The highest BCUT2D eigenvalue weighted by Gasteiger charge is 2.27. The van der Waals surface area contributed by atoms with Crippen molar-refractivity contribution >= 4 is 20.2 Å². The van der Waals surface area contributed by atoms with Crippen LogP contribution in [0.1, 0.15) is 0 Å². The Bertz CT molecular complexity index is 883. The van der Waals surface area contributed by atoms with Gasteiger partial charge in [0, 0.05) is 36.4 Å². The van der Waals surface area contributed by atoms with E-state index in [2.05, 4.69) is 8.37 Å². The maximum atomic E-state index is 13.0. The summed E-state index contributed by atoms with van der Waals surface area (Å²) in [6, 6.07) is 2.92. The third kappa shape index (κ3) is 5.90. The van der Waals surface area contributed by atoms with Gasteiger partial charge in [-0.25, -0.2) is 17.6 Å². The molecule has 0 aliphatic carbocycles. The first-order valence-corrected chi connectivity index (χ1v) is 9.36. The van der Waals surface area contributed by atoms with E-state index in [1.165, 1.54) is 0 Å². The fourth-order valence-corrected chi connectivity index (χ4v) is 4.25. The molecule has 0 heterocycles. The Labute approximate surface area is 139 Å². The fraction of sp³-hybridized carbons (Fsp3) is 0.0769. The van der Waals surface area contributed by atoms with E-state index in [9.17, 15) is 34.4 Å². The van der Waals surface area contributed by atoms with Crippen LogP contribution in [-0.2, 0) is 20.2 Å². The van der Waals surface area contributed by atoms with Gasteiger partial charge >= 0.3 is 20.2 Å². The van der Waals surface area contributed by atoms with Crippen molar-refractivity contribution in [3.8, 4) is 11.5 Å². The highest BCUT2D eigenvalue weighted by atomic mass is 32.3. The largest absolute Gasteiger partial charge is 0.381 e. The molecule has 0 aliphatic rings. The van der Waals surface area contributed by atoms with Crippen molar-refractivity contribution in [3.63, 3.8) is 0 Å². The average Bonchev–Trinajstić information content (AvgIpc) is 2.31. The van der Waals surface area contributed by atoms with E-state index in [1.807, 2.05) is 0 Å². The first kappa shape index (κ1) is 19.0. The van der Waals surface area contributed by atoms with Crippen molar-refractivity contribution in [3.05, 3.63) is 59.7 Å². The van der Waals surface area contributed by atoms with E-state index < -0.39 is 60.1 Å². The average molecular weight is 400 g/mol. The summed E-state index contributed by atoms with van der Waals surface area (Å²) in [4.78, 5) is 0. The third-order valence-corrected chi connectivity index (χ3v) is 5.61. The molecule has 6 nitrogen and oxygen atoms in total. The lowest BCUT2D eigenvalue weighted by molar-refractivity contribution is 0.469. The number of rotatable bonds is 6. The van der Waals surface area contributed by atoms with E-state index in [0.717, 1.165) is 0 Å². The molecule has 0 bridgehead atoms. The van der Waals surface area contributed by atoms with Crippen molar-refractivity contribution in [1.29, 1.82) is 0 Å². The number of benzene rings is 2. The zero-order valence-electron chi connectivity index (χ0n) is 11.9.